The first kappa shape index (κ1) is 11.8. The van der Waals surface area contributed by atoms with Crippen LogP contribution >= 0.6 is 11.6 Å². The molecular formula is C14H14ClNO2. The van der Waals surface area contributed by atoms with Gasteiger partial charge in [0.15, 0.2) is 6.29 Å². The van der Waals surface area contributed by atoms with Crippen molar-refractivity contribution in [1.82, 2.24) is 4.57 Å². The van der Waals surface area contributed by atoms with Crippen LogP contribution in [0.25, 0.3) is 10.9 Å². The van der Waals surface area contributed by atoms with E-state index in [0.29, 0.717) is 17.3 Å². The maximum absolute atomic E-state index is 11.0. The third-order valence-electron chi connectivity index (χ3n) is 3.28. The Morgan fingerprint density at radius 2 is 2.28 bits per heavy atom. The molecule has 0 N–H and O–H groups in total. The van der Waals surface area contributed by atoms with Gasteiger partial charge in [-0.2, -0.15) is 0 Å². The number of rotatable bonds is 5. The fourth-order valence-electron chi connectivity index (χ4n) is 2.10. The molecule has 2 aromatic rings. The van der Waals surface area contributed by atoms with E-state index < -0.39 is 0 Å². The van der Waals surface area contributed by atoms with Crippen LogP contribution in [0.15, 0.2) is 24.4 Å². The summed E-state index contributed by atoms with van der Waals surface area (Å²) in [6, 6.07) is 5.54. The first-order valence-corrected chi connectivity index (χ1v) is 6.47. The quantitative estimate of drug-likeness (QED) is 0.773. The second-order valence-corrected chi connectivity index (χ2v) is 5.21. The summed E-state index contributed by atoms with van der Waals surface area (Å²) in [5, 5.41) is 1.59. The Labute approximate surface area is 110 Å². The van der Waals surface area contributed by atoms with Gasteiger partial charge >= 0.3 is 0 Å². The molecule has 0 bridgehead atoms. The van der Waals surface area contributed by atoms with Crippen LogP contribution in [0, 0.1) is 5.92 Å². The molecule has 18 heavy (non-hydrogen) atoms. The van der Waals surface area contributed by atoms with E-state index in [0.717, 1.165) is 29.7 Å². The molecule has 0 aliphatic heterocycles. The van der Waals surface area contributed by atoms with Gasteiger partial charge in [-0.05, 0) is 30.9 Å². The molecule has 1 heterocycles. The molecule has 3 rings (SSSR count). The lowest BCUT2D eigenvalue weighted by Crippen LogP contribution is -2.03. The van der Waals surface area contributed by atoms with E-state index in [9.17, 15) is 4.79 Å². The van der Waals surface area contributed by atoms with Gasteiger partial charge < -0.3 is 9.30 Å². The molecular weight excluding hydrogens is 250 g/mol. The van der Waals surface area contributed by atoms with Crippen molar-refractivity contribution >= 4 is 28.8 Å². The minimum atomic E-state index is 0.473. The van der Waals surface area contributed by atoms with Gasteiger partial charge in [-0.3, -0.25) is 4.79 Å². The lowest BCUT2D eigenvalue weighted by Gasteiger charge is -2.06. The van der Waals surface area contributed by atoms with Crippen molar-refractivity contribution < 1.29 is 9.53 Å². The Kier molecular flexibility index (Phi) is 3.10. The molecule has 0 saturated heterocycles. The highest BCUT2D eigenvalue weighted by atomic mass is 35.5. The Balaban J connectivity index is 1.88. The third-order valence-corrected chi connectivity index (χ3v) is 3.52. The summed E-state index contributed by atoms with van der Waals surface area (Å²) in [6.45, 7) is 1.28. The van der Waals surface area contributed by atoms with Gasteiger partial charge in [0.2, 0.25) is 0 Å². The van der Waals surface area contributed by atoms with Crippen LogP contribution in [-0.4, -0.2) is 17.5 Å². The normalized spacial score (nSPS) is 15.2. The smallest absolute Gasteiger partial charge is 0.152 e. The number of carbonyl (C=O) groups is 1. The van der Waals surface area contributed by atoms with Crippen LogP contribution in [0.3, 0.4) is 0 Å². The van der Waals surface area contributed by atoms with Crippen molar-refractivity contribution in [2.75, 3.05) is 6.61 Å². The summed E-state index contributed by atoms with van der Waals surface area (Å²) in [6.07, 6.45) is 5.24. The number of fused-ring (bicyclic) bond motifs is 1. The molecule has 3 nitrogen and oxygen atoms in total. The van der Waals surface area contributed by atoms with Gasteiger partial charge in [-0.1, -0.05) is 17.7 Å². The molecule has 1 saturated carbocycles. The van der Waals surface area contributed by atoms with E-state index in [2.05, 4.69) is 0 Å². The Morgan fingerprint density at radius 1 is 1.44 bits per heavy atom. The van der Waals surface area contributed by atoms with E-state index in [1.165, 1.54) is 12.8 Å². The van der Waals surface area contributed by atoms with Crippen molar-refractivity contribution in [1.29, 1.82) is 0 Å². The summed E-state index contributed by atoms with van der Waals surface area (Å²) in [5.41, 5.74) is 1.62. The fourth-order valence-corrected chi connectivity index (χ4v) is 2.26. The lowest BCUT2D eigenvalue weighted by atomic mass is 10.2. The average molecular weight is 264 g/mol. The van der Waals surface area contributed by atoms with Gasteiger partial charge in [-0.25, -0.2) is 0 Å². The zero-order chi connectivity index (χ0) is 12.5. The molecule has 0 spiro atoms. The third kappa shape index (κ3) is 2.28. The number of hydrogen-bond acceptors (Lipinski definition) is 2. The van der Waals surface area contributed by atoms with Crippen molar-refractivity contribution in [3.8, 4) is 0 Å². The predicted molar refractivity (Wildman–Crippen MR) is 71.0 cm³/mol. The summed E-state index contributed by atoms with van der Waals surface area (Å²) in [5.74, 6) is 0.737. The second kappa shape index (κ2) is 4.75. The van der Waals surface area contributed by atoms with Gasteiger partial charge in [0, 0.05) is 22.2 Å². The van der Waals surface area contributed by atoms with E-state index >= 15 is 0 Å². The molecule has 0 radical (unpaired) electrons. The number of aldehydes is 1. The van der Waals surface area contributed by atoms with E-state index in [1.54, 1.807) is 6.07 Å². The molecule has 1 fully saturated rings. The average Bonchev–Trinajstić information content (AvgIpc) is 3.12. The number of aromatic nitrogens is 1. The minimum absolute atomic E-state index is 0.473. The lowest BCUT2D eigenvalue weighted by molar-refractivity contribution is 0.0717. The molecule has 0 amide bonds. The highest BCUT2D eigenvalue weighted by molar-refractivity contribution is 6.31. The monoisotopic (exact) mass is 263 g/mol. The summed E-state index contributed by atoms with van der Waals surface area (Å²) in [7, 11) is 0. The second-order valence-electron chi connectivity index (χ2n) is 4.78. The highest BCUT2D eigenvalue weighted by Gasteiger charge is 2.21. The molecule has 1 aliphatic rings. The van der Waals surface area contributed by atoms with Crippen LogP contribution in [0.4, 0.5) is 0 Å². The van der Waals surface area contributed by atoms with Crippen molar-refractivity contribution in [2.45, 2.75) is 19.6 Å². The number of carbonyl (C=O) groups excluding carboxylic acids is 1. The first-order valence-electron chi connectivity index (χ1n) is 6.09. The predicted octanol–water partition coefficient (Wildman–Crippen LogP) is 3.49. The molecule has 0 unspecified atom stereocenters. The Morgan fingerprint density at radius 3 is 3.00 bits per heavy atom. The SMILES string of the molecule is O=Cc1cn(COCC2CC2)c2cc(Cl)ccc12. The zero-order valence-electron chi connectivity index (χ0n) is 9.93. The number of nitrogens with zero attached hydrogens (tertiary/aromatic N) is 1. The maximum Gasteiger partial charge on any atom is 0.152 e. The van der Waals surface area contributed by atoms with E-state index in [4.69, 9.17) is 16.3 Å². The van der Waals surface area contributed by atoms with Gasteiger partial charge in [0.05, 0.1) is 12.1 Å². The Hall–Kier alpha value is -1.32. The van der Waals surface area contributed by atoms with E-state index in [1.807, 2.05) is 22.9 Å². The van der Waals surface area contributed by atoms with Gasteiger partial charge in [0.1, 0.15) is 6.73 Å². The number of halogens is 1. The number of benzene rings is 1. The molecule has 4 heteroatoms. The number of hydrogen-bond donors (Lipinski definition) is 0. The van der Waals surface area contributed by atoms with Crippen LogP contribution in [-0.2, 0) is 11.5 Å². The molecule has 1 aromatic heterocycles. The van der Waals surface area contributed by atoms with Gasteiger partial charge in [-0.15, -0.1) is 0 Å². The summed E-state index contributed by atoms with van der Waals surface area (Å²) < 4.78 is 7.59. The Bertz CT molecular complexity index is 587. The first-order chi connectivity index (χ1) is 8.78. The van der Waals surface area contributed by atoms with Crippen molar-refractivity contribution in [3.63, 3.8) is 0 Å². The van der Waals surface area contributed by atoms with Crippen molar-refractivity contribution in [2.24, 2.45) is 5.92 Å². The zero-order valence-corrected chi connectivity index (χ0v) is 10.7. The fraction of sp³-hybridized carbons (Fsp3) is 0.357. The van der Waals surface area contributed by atoms with E-state index in [-0.39, 0.29) is 0 Å². The largest absolute Gasteiger partial charge is 0.360 e. The molecule has 1 aromatic carbocycles. The van der Waals surface area contributed by atoms with Crippen LogP contribution in [0.1, 0.15) is 23.2 Å². The van der Waals surface area contributed by atoms with Crippen LogP contribution in [0.2, 0.25) is 5.02 Å². The van der Waals surface area contributed by atoms with Crippen LogP contribution < -0.4 is 0 Å². The van der Waals surface area contributed by atoms with Gasteiger partial charge in [0.25, 0.3) is 0 Å². The van der Waals surface area contributed by atoms with Crippen LogP contribution in [0.5, 0.6) is 0 Å². The van der Waals surface area contributed by atoms with Crippen molar-refractivity contribution in [3.05, 3.63) is 35.0 Å². The molecule has 94 valence electrons. The highest BCUT2D eigenvalue weighted by Crippen LogP contribution is 2.29. The number of ether oxygens (including phenoxy) is 1. The molecule has 1 aliphatic carbocycles. The topological polar surface area (TPSA) is 31.2 Å². The summed E-state index contributed by atoms with van der Waals surface area (Å²) >= 11 is 6.00. The molecule has 0 atom stereocenters. The maximum atomic E-state index is 11.0. The minimum Gasteiger partial charge on any atom is -0.360 e. The standard InChI is InChI=1S/C14H14ClNO2/c15-12-3-4-13-11(7-17)6-16(14(13)5-12)9-18-8-10-1-2-10/h3-7,10H,1-2,8-9H2. The summed E-state index contributed by atoms with van der Waals surface area (Å²) in [4.78, 5) is 11.0.